The van der Waals surface area contributed by atoms with Gasteiger partial charge in [-0.25, -0.2) is 9.78 Å². The molecular formula is C13H15N3O2. The zero-order chi connectivity index (χ0) is 12.5. The van der Waals surface area contributed by atoms with E-state index < -0.39 is 5.97 Å². The van der Waals surface area contributed by atoms with Gasteiger partial charge in [0.2, 0.25) is 0 Å². The molecule has 3 heterocycles. The first-order valence-corrected chi connectivity index (χ1v) is 6.17. The number of carboxylic acid groups (broad SMARTS) is 1. The monoisotopic (exact) mass is 245 g/mol. The molecule has 0 aliphatic carbocycles. The first kappa shape index (κ1) is 11.2. The van der Waals surface area contributed by atoms with Crippen LogP contribution in [0.15, 0.2) is 24.4 Å². The smallest absolute Gasteiger partial charge is 0.356 e. The number of aromatic nitrogens is 2. The molecule has 18 heavy (non-hydrogen) atoms. The predicted octanol–water partition coefficient (Wildman–Crippen LogP) is 1.63. The summed E-state index contributed by atoms with van der Waals surface area (Å²) in [6.45, 7) is 2.87. The summed E-state index contributed by atoms with van der Waals surface area (Å²) in [6.07, 6.45) is 4.31. The van der Waals surface area contributed by atoms with Crippen molar-refractivity contribution in [3.8, 4) is 0 Å². The third-order valence-electron chi connectivity index (χ3n) is 3.39. The summed E-state index contributed by atoms with van der Waals surface area (Å²) < 4.78 is 1.88. The predicted molar refractivity (Wildman–Crippen MR) is 66.7 cm³/mol. The maximum atomic E-state index is 11.2. The van der Waals surface area contributed by atoms with Crippen LogP contribution in [0, 0.1) is 0 Å². The summed E-state index contributed by atoms with van der Waals surface area (Å²) in [5.74, 6) is -0.156. The standard InChI is InChI=1S/C13H15N3O2/c17-13(18)12-10-5-1-2-8-16(10)11(14-12)9-15-6-3-4-7-15/h1-2,5,8H,3-4,6-7,9H2,(H,17,18). The van der Waals surface area contributed by atoms with Crippen LogP contribution >= 0.6 is 0 Å². The van der Waals surface area contributed by atoms with Crippen molar-refractivity contribution in [2.45, 2.75) is 19.4 Å². The molecule has 5 heteroatoms. The highest BCUT2D eigenvalue weighted by molar-refractivity contribution is 5.93. The zero-order valence-electron chi connectivity index (χ0n) is 10.0. The molecule has 1 fully saturated rings. The normalized spacial score (nSPS) is 16.4. The Morgan fingerprint density at radius 3 is 2.83 bits per heavy atom. The number of pyridine rings is 1. The molecule has 94 valence electrons. The Labute approximate surface area is 105 Å². The number of carbonyl (C=O) groups is 1. The lowest BCUT2D eigenvalue weighted by Gasteiger charge is -2.12. The van der Waals surface area contributed by atoms with Crippen molar-refractivity contribution in [1.82, 2.24) is 14.3 Å². The van der Waals surface area contributed by atoms with E-state index in [0.29, 0.717) is 5.52 Å². The largest absolute Gasteiger partial charge is 0.476 e. The molecule has 3 rings (SSSR count). The van der Waals surface area contributed by atoms with E-state index >= 15 is 0 Å². The minimum absolute atomic E-state index is 0.143. The molecule has 0 aromatic carbocycles. The molecule has 0 bridgehead atoms. The molecule has 2 aromatic rings. The molecule has 5 nitrogen and oxygen atoms in total. The fourth-order valence-corrected chi connectivity index (χ4v) is 2.51. The van der Waals surface area contributed by atoms with Gasteiger partial charge in [-0.2, -0.15) is 0 Å². The molecule has 1 saturated heterocycles. The lowest BCUT2D eigenvalue weighted by atomic mass is 10.3. The Balaban J connectivity index is 2.02. The van der Waals surface area contributed by atoms with E-state index in [0.717, 1.165) is 25.5 Å². The molecule has 0 radical (unpaired) electrons. The number of imidazole rings is 1. The number of rotatable bonds is 3. The SMILES string of the molecule is O=C(O)c1nc(CN2CCCC2)n2ccccc12. The number of aromatic carboxylic acids is 1. The van der Waals surface area contributed by atoms with E-state index in [2.05, 4.69) is 9.88 Å². The highest BCUT2D eigenvalue weighted by Gasteiger charge is 2.19. The van der Waals surface area contributed by atoms with Crippen molar-refractivity contribution in [1.29, 1.82) is 0 Å². The highest BCUT2D eigenvalue weighted by atomic mass is 16.4. The Morgan fingerprint density at radius 1 is 1.33 bits per heavy atom. The van der Waals surface area contributed by atoms with Gasteiger partial charge in [-0.3, -0.25) is 4.90 Å². The van der Waals surface area contributed by atoms with Crippen molar-refractivity contribution in [2.75, 3.05) is 13.1 Å². The van der Waals surface area contributed by atoms with Crippen LogP contribution in [0.3, 0.4) is 0 Å². The van der Waals surface area contributed by atoms with Crippen LogP contribution in [0.25, 0.3) is 5.52 Å². The van der Waals surface area contributed by atoms with E-state index in [1.807, 2.05) is 22.7 Å². The lowest BCUT2D eigenvalue weighted by Crippen LogP contribution is -2.20. The Hall–Kier alpha value is -1.88. The second kappa shape index (κ2) is 4.42. The number of fused-ring (bicyclic) bond motifs is 1. The molecule has 1 aliphatic rings. The second-order valence-electron chi connectivity index (χ2n) is 4.62. The molecule has 2 aromatic heterocycles. The summed E-state index contributed by atoms with van der Waals surface area (Å²) in [7, 11) is 0. The zero-order valence-corrected chi connectivity index (χ0v) is 10.0. The van der Waals surface area contributed by atoms with E-state index in [-0.39, 0.29) is 5.69 Å². The number of carboxylic acids is 1. The van der Waals surface area contributed by atoms with Crippen molar-refractivity contribution >= 4 is 11.5 Å². The van der Waals surface area contributed by atoms with Crippen LogP contribution in [0.1, 0.15) is 29.2 Å². The average Bonchev–Trinajstić information content (AvgIpc) is 2.98. The van der Waals surface area contributed by atoms with E-state index in [1.165, 1.54) is 12.8 Å². The number of hydrogen-bond acceptors (Lipinski definition) is 3. The van der Waals surface area contributed by atoms with Crippen molar-refractivity contribution in [3.63, 3.8) is 0 Å². The van der Waals surface area contributed by atoms with Gasteiger partial charge in [-0.1, -0.05) is 6.07 Å². The highest BCUT2D eigenvalue weighted by Crippen LogP contribution is 2.17. The maximum absolute atomic E-state index is 11.2. The quantitative estimate of drug-likeness (QED) is 0.893. The average molecular weight is 245 g/mol. The van der Waals surface area contributed by atoms with Crippen LogP contribution in [-0.2, 0) is 6.54 Å². The minimum atomic E-state index is -0.966. The van der Waals surface area contributed by atoms with Gasteiger partial charge in [0.15, 0.2) is 5.69 Å². The minimum Gasteiger partial charge on any atom is -0.476 e. The molecule has 0 amide bonds. The van der Waals surface area contributed by atoms with Gasteiger partial charge in [0.05, 0.1) is 12.1 Å². The summed E-state index contributed by atoms with van der Waals surface area (Å²) in [5, 5.41) is 9.17. The van der Waals surface area contributed by atoms with E-state index in [9.17, 15) is 4.79 Å². The van der Waals surface area contributed by atoms with Crippen molar-refractivity contribution < 1.29 is 9.90 Å². The van der Waals surface area contributed by atoms with Crippen LogP contribution in [0.5, 0.6) is 0 Å². The fraction of sp³-hybridized carbons (Fsp3) is 0.385. The third kappa shape index (κ3) is 1.86. The first-order chi connectivity index (χ1) is 8.75. The van der Waals surface area contributed by atoms with Gasteiger partial charge < -0.3 is 9.51 Å². The topological polar surface area (TPSA) is 57.8 Å². The van der Waals surface area contributed by atoms with Crippen molar-refractivity contribution in [3.05, 3.63) is 35.9 Å². The molecule has 0 unspecified atom stereocenters. The second-order valence-corrected chi connectivity index (χ2v) is 4.62. The number of likely N-dealkylation sites (tertiary alicyclic amines) is 1. The molecule has 0 spiro atoms. The van der Waals surface area contributed by atoms with Crippen LogP contribution < -0.4 is 0 Å². The van der Waals surface area contributed by atoms with Gasteiger partial charge >= 0.3 is 5.97 Å². The fourth-order valence-electron chi connectivity index (χ4n) is 2.51. The molecule has 1 N–H and O–H groups in total. The number of nitrogens with zero attached hydrogens (tertiary/aromatic N) is 3. The third-order valence-corrected chi connectivity index (χ3v) is 3.39. The maximum Gasteiger partial charge on any atom is 0.356 e. The summed E-state index contributed by atoms with van der Waals surface area (Å²) >= 11 is 0. The first-order valence-electron chi connectivity index (χ1n) is 6.17. The van der Waals surface area contributed by atoms with E-state index in [1.54, 1.807) is 6.07 Å². The van der Waals surface area contributed by atoms with Crippen LogP contribution in [0.4, 0.5) is 0 Å². The summed E-state index contributed by atoms with van der Waals surface area (Å²) in [4.78, 5) is 17.8. The van der Waals surface area contributed by atoms with E-state index in [4.69, 9.17) is 5.11 Å². The summed E-state index contributed by atoms with van der Waals surface area (Å²) in [5.41, 5.74) is 0.809. The van der Waals surface area contributed by atoms with Gasteiger partial charge in [-0.15, -0.1) is 0 Å². The van der Waals surface area contributed by atoms with Gasteiger partial charge in [0.25, 0.3) is 0 Å². The van der Waals surface area contributed by atoms with Crippen LogP contribution in [-0.4, -0.2) is 38.4 Å². The summed E-state index contributed by atoms with van der Waals surface area (Å²) in [6, 6.07) is 5.53. The van der Waals surface area contributed by atoms with Crippen molar-refractivity contribution in [2.24, 2.45) is 0 Å². The Morgan fingerprint density at radius 2 is 2.11 bits per heavy atom. The molecule has 0 atom stereocenters. The lowest BCUT2D eigenvalue weighted by molar-refractivity contribution is 0.0693. The van der Waals surface area contributed by atoms with Gasteiger partial charge in [-0.05, 0) is 38.1 Å². The molecule has 1 aliphatic heterocycles. The number of hydrogen-bond donors (Lipinski definition) is 1. The molecule has 0 saturated carbocycles. The van der Waals surface area contributed by atoms with Gasteiger partial charge in [0, 0.05) is 6.20 Å². The Kier molecular flexibility index (Phi) is 2.76. The van der Waals surface area contributed by atoms with Gasteiger partial charge in [0.1, 0.15) is 5.82 Å². The molecular weight excluding hydrogens is 230 g/mol. The van der Waals surface area contributed by atoms with Crippen LogP contribution in [0.2, 0.25) is 0 Å². The Bertz CT molecular complexity index is 585.